The van der Waals surface area contributed by atoms with Crippen molar-refractivity contribution in [2.24, 2.45) is 17.2 Å². The first-order valence-electron chi connectivity index (χ1n) is 44.1. The van der Waals surface area contributed by atoms with Crippen LogP contribution in [0.5, 0.6) is 51.7 Å². The van der Waals surface area contributed by atoms with Crippen LogP contribution in [0.2, 0.25) is 0 Å². The van der Waals surface area contributed by atoms with Gasteiger partial charge in [0.1, 0.15) is 98.0 Å². The lowest BCUT2D eigenvalue weighted by Gasteiger charge is -2.26. The number of pyridine rings is 1. The second-order valence-electron chi connectivity index (χ2n) is 33.4. The number of carboxylic acids is 3. The minimum atomic E-state index is -1.02. The zero-order chi connectivity index (χ0) is 91.3. The maximum absolute atomic E-state index is 11.6. The van der Waals surface area contributed by atoms with Crippen molar-refractivity contribution in [1.82, 2.24) is 19.7 Å². The highest BCUT2D eigenvalue weighted by atomic mass is 16.7. The normalized spacial score (nSPS) is 12.5. The van der Waals surface area contributed by atoms with E-state index in [9.17, 15) is 29.7 Å². The number of carboxylic acid groups (broad SMARTS) is 3. The Kier molecular flexibility index (Phi) is 34.0. The maximum atomic E-state index is 11.6. The molecule has 0 spiro atoms. The van der Waals surface area contributed by atoms with Gasteiger partial charge in [0.25, 0.3) is 0 Å². The minimum Gasteiger partial charge on any atom is -0.493 e. The number of benzene rings is 12. The molecule has 22 nitrogen and oxygen atoms in total. The number of rotatable bonds is 42. The smallest absolute Gasteiger partial charge is 0.320 e. The summed E-state index contributed by atoms with van der Waals surface area (Å²) in [5, 5.41) is 29.4. The molecule has 0 amide bonds. The Balaban J connectivity index is 0.000000166. The summed E-state index contributed by atoms with van der Waals surface area (Å²) in [4.78, 5) is 46.0. The number of nitrogens with two attached hydrogens (primary N) is 3. The molecular formula is C108H117N7O15. The van der Waals surface area contributed by atoms with Gasteiger partial charge in [-0.05, 0) is 149 Å². The lowest BCUT2D eigenvalue weighted by molar-refractivity contribution is -0.139. The van der Waals surface area contributed by atoms with Crippen LogP contribution in [0.1, 0.15) is 125 Å². The van der Waals surface area contributed by atoms with E-state index in [0.29, 0.717) is 135 Å². The van der Waals surface area contributed by atoms with Crippen LogP contribution in [0.25, 0.3) is 10.9 Å². The molecule has 0 saturated carbocycles. The zero-order valence-corrected chi connectivity index (χ0v) is 74.8. The van der Waals surface area contributed by atoms with E-state index in [1.165, 1.54) is 27.8 Å². The quantitative estimate of drug-likeness (QED) is 0.0207. The molecule has 13 aromatic rings. The topological polar surface area (TPSA) is 296 Å². The summed E-state index contributed by atoms with van der Waals surface area (Å²) in [7, 11) is 0. The van der Waals surface area contributed by atoms with Gasteiger partial charge in [0, 0.05) is 122 Å². The van der Waals surface area contributed by atoms with Gasteiger partial charge in [-0.1, -0.05) is 240 Å². The van der Waals surface area contributed by atoms with Crippen LogP contribution in [0.4, 0.5) is 0 Å². The van der Waals surface area contributed by atoms with Crippen LogP contribution in [-0.4, -0.2) is 104 Å². The van der Waals surface area contributed by atoms with Gasteiger partial charge in [-0.25, -0.2) is 0 Å². The van der Waals surface area contributed by atoms with Crippen molar-refractivity contribution in [2.75, 3.05) is 33.0 Å². The van der Waals surface area contributed by atoms with Gasteiger partial charge in [0.05, 0.1) is 12.1 Å². The summed E-state index contributed by atoms with van der Waals surface area (Å²) in [6.07, 6.45) is 3.52. The first kappa shape index (κ1) is 94.0. The lowest BCUT2D eigenvalue weighted by atomic mass is 10.1. The molecule has 2 aliphatic heterocycles. The monoisotopic (exact) mass is 1750 g/mol. The molecule has 0 radical (unpaired) electrons. The van der Waals surface area contributed by atoms with Crippen molar-refractivity contribution in [2.45, 2.75) is 164 Å². The molecular weight excluding hydrogens is 1640 g/mol. The van der Waals surface area contributed by atoms with E-state index < -0.39 is 36.0 Å². The van der Waals surface area contributed by atoms with Crippen LogP contribution < -0.4 is 59.8 Å². The number of hydrogen-bond donors (Lipinski definition) is 6. The van der Waals surface area contributed by atoms with E-state index >= 15 is 0 Å². The Hall–Kier alpha value is -13.6. The first-order chi connectivity index (χ1) is 63.0. The number of fused-ring (bicyclic) bond motifs is 3. The molecule has 2 aliphatic rings. The number of carbonyl (C=O) groups is 3. The Labute approximate surface area is 761 Å². The Morgan fingerprint density at radius 2 is 0.669 bits per heavy atom. The van der Waals surface area contributed by atoms with Gasteiger partial charge >= 0.3 is 17.9 Å². The Morgan fingerprint density at radius 3 is 1.05 bits per heavy atom. The molecule has 0 saturated heterocycles. The molecule has 0 unspecified atom stereocenters. The van der Waals surface area contributed by atoms with Crippen LogP contribution >= 0.6 is 0 Å². The highest BCUT2D eigenvalue weighted by molar-refractivity contribution is 5.84. The number of aliphatic carboxylic acids is 3. The third-order valence-electron chi connectivity index (χ3n) is 22.6. The SMILES string of the molecule is Cc1cccc(COc2ccccc2CN(CC[C@H](N)C(=O)O)Cc2c(OCc3cccc(C)c3)ccc3cccnc23)c1.Cc1cccc(COc2ccccc2CN(CC[C@H](N)C(=O)O)Cc2cc3c(cc2OCc2cccc(C)c2)CCO3)c1.Cc1cccc(COc2ccccc2CN(CC[C@H](N)C(=O)O)Cc2cc3c(cc2OCc2cccc(C)c2)OCO3)c1. The molecule has 0 aliphatic carbocycles. The second kappa shape index (κ2) is 46.9. The lowest BCUT2D eigenvalue weighted by Crippen LogP contribution is -2.35. The van der Waals surface area contributed by atoms with E-state index in [-0.39, 0.29) is 13.2 Å². The van der Waals surface area contributed by atoms with Gasteiger partial charge in [0.2, 0.25) is 6.79 Å². The summed E-state index contributed by atoms with van der Waals surface area (Å²) in [5.41, 5.74) is 39.3. The fraction of sp³-hybridized carbons (Fsp3) is 0.278. The molecule has 3 atom stereocenters. The van der Waals surface area contributed by atoms with E-state index in [0.717, 1.165) is 130 Å². The second-order valence-corrected chi connectivity index (χ2v) is 33.4. The highest BCUT2D eigenvalue weighted by Gasteiger charge is 2.27. The number of hydrogen-bond acceptors (Lipinski definition) is 19. The fourth-order valence-corrected chi connectivity index (χ4v) is 15.7. The predicted octanol–water partition coefficient (Wildman–Crippen LogP) is 19.0. The molecule has 674 valence electrons. The molecule has 12 aromatic carbocycles. The molecule has 1 aromatic heterocycles. The van der Waals surface area contributed by atoms with E-state index in [2.05, 4.69) is 172 Å². The van der Waals surface area contributed by atoms with Crippen LogP contribution in [0.15, 0.2) is 273 Å². The molecule has 3 heterocycles. The first-order valence-corrected chi connectivity index (χ1v) is 44.1. The third kappa shape index (κ3) is 28.2. The number of ether oxygens (including phenoxy) is 9. The maximum Gasteiger partial charge on any atom is 0.320 e. The van der Waals surface area contributed by atoms with E-state index in [4.69, 9.17) is 64.8 Å². The van der Waals surface area contributed by atoms with Gasteiger partial charge < -0.3 is 75.2 Å². The van der Waals surface area contributed by atoms with Crippen LogP contribution in [-0.2, 0) is 99.7 Å². The summed E-state index contributed by atoms with van der Waals surface area (Å²) in [5.74, 6) is 3.72. The summed E-state index contributed by atoms with van der Waals surface area (Å²) in [6.45, 7) is 20.3. The minimum absolute atomic E-state index is 0.152. The number of aromatic nitrogens is 1. The van der Waals surface area contributed by atoms with Crippen LogP contribution in [0.3, 0.4) is 0 Å². The largest absolute Gasteiger partial charge is 0.493 e. The number of aryl methyl sites for hydroxylation is 6. The van der Waals surface area contributed by atoms with Gasteiger partial charge in [0.15, 0.2) is 11.5 Å². The molecule has 0 fully saturated rings. The summed E-state index contributed by atoms with van der Waals surface area (Å²) >= 11 is 0. The number of para-hydroxylation sites is 3. The fourth-order valence-electron chi connectivity index (χ4n) is 15.7. The average molecular weight is 1750 g/mol. The average Bonchev–Trinajstić information content (AvgIpc) is 1.15. The zero-order valence-electron chi connectivity index (χ0n) is 74.8. The highest BCUT2D eigenvalue weighted by Crippen LogP contribution is 2.41. The molecule has 15 rings (SSSR count). The van der Waals surface area contributed by atoms with Crippen molar-refractivity contribution >= 4 is 28.8 Å². The summed E-state index contributed by atoms with van der Waals surface area (Å²) < 4.78 is 55.3. The third-order valence-corrected chi connectivity index (χ3v) is 22.6. The van der Waals surface area contributed by atoms with Gasteiger partial charge in [-0.3, -0.25) is 34.1 Å². The van der Waals surface area contributed by atoms with Crippen molar-refractivity contribution in [1.29, 1.82) is 0 Å². The van der Waals surface area contributed by atoms with Crippen molar-refractivity contribution in [3.05, 3.63) is 379 Å². The van der Waals surface area contributed by atoms with Crippen molar-refractivity contribution < 1.29 is 72.3 Å². The van der Waals surface area contributed by atoms with E-state index in [1.54, 1.807) is 6.20 Å². The number of nitrogens with zero attached hydrogens (tertiary/aromatic N) is 4. The molecule has 9 N–H and O–H groups in total. The Morgan fingerprint density at radius 1 is 0.338 bits per heavy atom. The van der Waals surface area contributed by atoms with Gasteiger partial charge in [-0.2, -0.15) is 0 Å². The standard InChI is InChI=1S/C37H39N3O4.C36H40N2O5.C35H38N2O6/c1-26-8-5-10-28(20-26)24-43-34-14-4-3-12-31(34)22-40(19-17-33(38)37(41)42)23-32-35(16-15-30-13-7-18-39-36(30)32)44-25-29-11-6-9-27(2)21-29;1-25-7-5-9-27(17-25)23-42-33-12-4-3-11-30(33)21-38(15-13-32(37)36(39)40)22-31-20-34-29(14-16-41-34)19-35(31)43-24-28-10-6-8-26(2)18-28;1-24-7-5-9-26(15-24)21-40-31-12-4-3-11-28(31)19-37(14-13-30(36)35(38)39)20-29-17-33-34(43-23-42-33)18-32(29)41-22-27-10-6-8-25(2)16-27/h3-16,18,20-21,33H,17,19,22-25,38H2,1-2H3,(H,41,42);3-12,17-20,32H,13-16,21-24,37H2,1-2H3,(H,39,40);3-12,15-18,30H,13-14,19-23,36H2,1-2H3,(H,38,39)/t33-;32-;30-/m000/s1. The predicted molar refractivity (Wildman–Crippen MR) is 505 cm³/mol. The van der Waals surface area contributed by atoms with Crippen molar-refractivity contribution in [3.8, 4) is 51.7 Å². The van der Waals surface area contributed by atoms with Gasteiger partial charge in [-0.15, -0.1) is 0 Å². The molecule has 0 bridgehead atoms. The summed E-state index contributed by atoms with van der Waals surface area (Å²) in [6, 6.07) is 86.5. The Bertz CT molecular complexity index is 5730. The van der Waals surface area contributed by atoms with Crippen LogP contribution in [0, 0.1) is 41.5 Å². The van der Waals surface area contributed by atoms with E-state index in [1.807, 2.05) is 152 Å². The molecule has 130 heavy (non-hydrogen) atoms. The van der Waals surface area contributed by atoms with Crippen molar-refractivity contribution in [3.63, 3.8) is 0 Å². The molecule has 22 heteroatoms.